The van der Waals surface area contributed by atoms with Gasteiger partial charge in [0, 0.05) is 28.4 Å². The molecule has 0 radical (unpaired) electrons. The van der Waals surface area contributed by atoms with Gasteiger partial charge in [0.05, 0.1) is 16.6 Å². The van der Waals surface area contributed by atoms with Crippen LogP contribution in [-0.4, -0.2) is 20.0 Å². The molecular weight excluding hydrogens is 379 g/mol. The third kappa shape index (κ3) is 5.21. The highest BCUT2D eigenvalue weighted by molar-refractivity contribution is 9.10. The molecule has 0 aliphatic rings. The predicted octanol–water partition coefficient (Wildman–Crippen LogP) is 4.85. The summed E-state index contributed by atoms with van der Waals surface area (Å²) in [5.74, 6) is -0.275. The number of hydrogen-bond acceptors (Lipinski definition) is 3. The number of nitrogens with one attached hydrogen (secondary N) is 1. The molecule has 2 N–H and O–H groups in total. The first-order valence-electron chi connectivity index (χ1n) is 7.56. The second-order valence-electron chi connectivity index (χ2n) is 7.41. The lowest BCUT2D eigenvalue weighted by Gasteiger charge is -2.18. The molecule has 0 saturated carbocycles. The van der Waals surface area contributed by atoms with Crippen LogP contribution in [0, 0.1) is 5.82 Å². The van der Waals surface area contributed by atoms with Crippen LogP contribution in [0.2, 0.25) is 0 Å². The molecular formula is C17H24BrFN2OS. The second kappa shape index (κ2) is 6.75. The smallest absolute Gasteiger partial charge is 0.138 e. The first-order chi connectivity index (χ1) is 10.5. The zero-order valence-electron chi connectivity index (χ0n) is 14.2. The van der Waals surface area contributed by atoms with Gasteiger partial charge in [-0.05, 0) is 68.2 Å². The van der Waals surface area contributed by atoms with E-state index in [1.165, 1.54) is 0 Å². The SMILES string of the molecule is CC(C)(O)Cn1cc(CNSC(C)(C)C)c2cc(F)c(Br)cc21. The fourth-order valence-corrected chi connectivity index (χ4v) is 3.37. The molecule has 2 rings (SSSR count). The summed E-state index contributed by atoms with van der Waals surface area (Å²) >= 11 is 4.90. The highest BCUT2D eigenvalue weighted by Crippen LogP contribution is 2.29. The number of aromatic nitrogens is 1. The van der Waals surface area contributed by atoms with Gasteiger partial charge in [-0.15, -0.1) is 0 Å². The summed E-state index contributed by atoms with van der Waals surface area (Å²) in [6, 6.07) is 3.33. The average Bonchev–Trinajstić information content (AvgIpc) is 2.65. The van der Waals surface area contributed by atoms with Crippen molar-refractivity contribution in [1.82, 2.24) is 9.29 Å². The van der Waals surface area contributed by atoms with Gasteiger partial charge in [0.2, 0.25) is 0 Å². The number of rotatable bonds is 5. The van der Waals surface area contributed by atoms with Gasteiger partial charge in [-0.2, -0.15) is 0 Å². The van der Waals surface area contributed by atoms with Crippen molar-refractivity contribution in [3.05, 3.63) is 34.2 Å². The summed E-state index contributed by atoms with van der Waals surface area (Å²) in [6.07, 6.45) is 1.99. The van der Waals surface area contributed by atoms with E-state index in [1.807, 2.05) is 10.8 Å². The molecule has 128 valence electrons. The molecule has 0 amide bonds. The van der Waals surface area contributed by atoms with E-state index in [-0.39, 0.29) is 10.6 Å². The fourth-order valence-electron chi connectivity index (χ4n) is 2.38. The first kappa shape index (κ1) is 18.8. The molecule has 1 heterocycles. The van der Waals surface area contributed by atoms with Gasteiger partial charge in [-0.3, -0.25) is 4.72 Å². The van der Waals surface area contributed by atoms with Crippen LogP contribution < -0.4 is 4.72 Å². The molecule has 23 heavy (non-hydrogen) atoms. The summed E-state index contributed by atoms with van der Waals surface area (Å²) in [5, 5.41) is 11.0. The van der Waals surface area contributed by atoms with Crippen molar-refractivity contribution >= 4 is 38.8 Å². The maximum absolute atomic E-state index is 14.0. The molecule has 3 nitrogen and oxygen atoms in total. The molecule has 0 spiro atoms. The van der Waals surface area contributed by atoms with Crippen molar-refractivity contribution in [2.45, 2.75) is 58.1 Å². The van der Waals surface area contributed by atoms with Crippen molar-refractivity contribution in [1.29, 1.82) is 0 Å². The lowest BCUT2D eigenvalue weighted by atomic mass is 10.1. The van der Waals surface area contributed by atoms with Gasteiger partial charge < -0.3 is 9.67 Å². The van der Waals surface area contributed by atoms with Crippen LogP contribution in [0.5, 0.6) is 0 Å². The summed E-state index contributed by atoms with van der Waals surface area (Å²) in [7, 11) is 0. The number of aliphatic hydroxyl groups is 1. The van der Waals surface area contributed by atoms with Gasteiger partial charge in [-0.25, -0.2) is 4.39 Å². The lowest BCUT2D eigenvalue weighted by molar-refractivity contribution is 0.0628. The van der Waals surface area contributed by atoms with E-state index in [0.29, 0.717) is 17.6 Å². The average molecular weight is 403 g/mol. The Bertz CT molecular complexity index is 701. The van der Waals surface area contributed by atoms with Crippen LogP contribution in [0.4, 0.5) is 4.39 Å². The second-order valence-corrected chi connectivity index (χ2v) is 9.99. The van der Waals surface area contributed by atoms with Gasteiger partial charge in [0.15, 0.2) is 0 Å². The fraction of sp³-hybridized carbons (Fsp3) is 0.529. The first-order valence-corrected chi connectivity index (χ1v) is 9.17. The van der Waals surface area contributed by atoms with Crippen LogP contribution in [0.25, 0.3) is 10.9 Å². The van der Waals surface area contributed by atoms with Crippen molar-refractivity contribution in [3.63, 3.8) is 0 Å². The largest absolute Gasteiger partial charge is 0.389 e. The molecule has 0 aliphatic carbocycles. The molecule has 0 bridgehead atoms. The maximum Gasteiger partial charge on any atom is 0.138 e. The Labute approximate surface area is 149 Å². The van der Waals surface area contributed by atoms with E-state index in [2.05, 4.69) is 41.4 Å². The molecule has 0 aliphatic heterocycles. The zero-order chi connectivity index (χ0) is 17.4. The van der Waals surface area contributed by atoms with E-state index in [0.717, 1.165) is 16.5 Å². The Kier molecular flexibility index (Phi) is 5.51. The van der Waals surface area contributed by atoms with Gasteiger partial charge in [-0.1, -0.05) is 11.9 Å². The van der Waals surface area contributed by atoms with Crippen molar-refractivity contribution in [3.8, 4) is 0 Å². The Morgan fingerprint density at radius 1 is 1.26 bits per heavy atom. The topological polar surface area (TPSA) is 37.2 Å². The van der Waals surface area contributed by atoms with Crippen molar-refractivity contribution in [2.24, 2.45) is 0 Å². The number of halogens is 2. The van der Waals surface area contributed by atoms with Gasteiger partial charge in [0.1, 0.15) is 5.82 Å². The highest BCUT2D eigenvalue weighted by atomic mass is 79.9. The Morgan fingerprint density at radius 3 is 2.48 bits per heavy atom. The van der Waals surface area contributed by atoms with Crippen molar-refractivity contribution in [2.75, 3.05) is 0 Å². The van der Waals surface area contributed by atoms with Gasteiger partial charge >= 0.3 is 0 Å². The van der Waals surface area contributed by atoms with Gasteiger partial charge in [0.25, 0.3) is 0 Å². The van der Waals surface area contributed by atoms with Crippen LogP contribution in [0.1, 0.15) is 40.2 Å². The standard InChI is InChI=1S/C17H24BrFN2OS/c1-16(2,3)23-20-8-11-9-21(10-17(4,5)22)15-7-13(18)14(19)6-12(11)15/h6-7,9,20,22H,8,10H2,1-5H3. The predicted molar refractivity (Wildman–Crippen MR) is 100 cm³/mol. The number of hydrogen-bond donors (Lipinski definition) is 2. The Balaban J connectivity index is 2.38. The van der Waals surface area contributed by atoms with Crippen LogP contribution in [-0.2, 0) is 13.1 Å². The number of fused-ring (bicyclic) bond motifs is 1. The molecule has 0 fully saturated rings. The highest BCUT2D eigenvalue weighted by Gasteiger charge is 2.19. The van der Waals surface area contributed by atoms with Crippen LogP contribution in [0.15, 0.2) is 22.8 Å². The zero-order valence-corrected chi connectivity index (χ0v) is 16.6. The minimum Gasteiger partial charge on any atom is -0.389 e. The Morgan fingerprint density at radius 2 is 1.91 bits per heavy atom. The lowest BCUT2D eigenvalue weighted by Crippen LogP contribution is -2.25. The van der Waals surface area contributed by atoms with Crippen LogP contribution in [0.3, 0.4) is 0 Å². The Hall–Kier alpha value is -0.560. The maximum atomic E-state index is 14.0. The van der Waals surface area contributed by atoms with E-state index in [4.69, 9.17) is 0 Å². The van der Waals surface area contributed by atoms with E-state index < -0.39 is 5.60 Å². The summed E-state index contributed by atoms with van der Waals surface area (Å²) < 4.78 is 19.8. The summed E-state index contributed by atoms with van der Waals surface area (Å²) in [6.45, 7) is 11.0. The number of nitrogens with zero attached hydrogens (tertiary/aromatic N) is 1. The summed E-state index contributed by atoms with van der Waals surface area (Å²) in [4.78, 5) is 0. The van der Waals surface area contributed by atoms with E-state index >= 15 is 0 Å². The third-order valence-corrected chi connectivity index (χ3v) is 4.71. The molecule has 1 aromatic heterocycles. The van der Waals surface area contributed by atoms with E-state index in [9.17, 15) is 9.50 Å². The monoisotopic (exact) mass is 402 g/mol. The molecule has 0 atom stereocenters. The summed E-state index contributed by atoms with van der Waals surface area (Å²) in [5.41, 5.74) is 1.10. The molecule has 2 aromatic rings. The minimum atomic E-state index is -0.836. The minimum absolute atomic E-state index is 0.111. The van der Waals surface area contributed by atoms with Crippen molar-refractivity contribution < 1.29 is 9.50 Å². The van der Waals surface area contributed by atoms with Crippen LogP contribution >= 0.6 is 27.9 Å². The molecule has 0 unspecified atom stereocenters. The number of benzene rings is 1. The molecule has 6 heteroatoms. The molecule has 1 aromatic carbocycles. The normalized spacial score (nSPS) is 13.0. The quantitative estimate of drug-likeness (QED) is 0.701. The van der Waals surface area contributed by atoms with E-state index in [1.54, 1.807) is 37.9 Å². The third-order valence-electron chi connectivity index (χ3n) is 3.20. The molecule has 0 saturated heterocycles.